The number of benzene rings is 2. The number of thiocarbonyl (C=S) groups is 1. The number of aromatic nitrogens is 1. The van der Waals surface area contributed by atoms with E-state index < -0.39 is 22.0 Å². The Morgan fingerprint density at radius 1 is 1.05 bits per heavy atom. The van der Waals surface area contributed by atoms with Crippen LogP contribution in [0.3, 0.4) is 0 Å². The van der Waals surface area contributed by atoms with Crippen LogP contribution >= 0.6 is 12.2 Å². The molecule has 3 heterocycles. The number of furan rings is 1. The number of pyridine rings is 1. The van der Waals surface area contributed by atoms with E-state index in [9.17, 15) is 18.3 Å². The summed E-state index contributed by atoms with van der Waals surface area (Å²) >= 11 is 5.71. The van der Waals surface area contributed by atoms with E-state index >= 15 is 0 Å². The van der Waals surface area contributed by atoms with Crippen molar-refractivity contribution in [2.45, 2.75) is 12.1 Å². The van der Waals surface area contributed by atoms with Crippen LogP contribution in [0.5, 0.6) is 0 Å². The average Bonchev–Trinajstić information content (AvgIpc) is 3.49. The number of carbonyl (C=O) groups is 1. The van der Waals surface area contributed by atoms with Crippen LogP contribution in [0.4, 0.5) is 11.4 Å². The Morgan fingerprint density at radius 3 is 2.41 bits per heavy atom. The zero-order valence-electron chi connectivity index (χ0n) is 19.5. The van der Waals surface area contributed by atoms with Gasteiger partial charge in [-0.3, -0.25) is 9.71 Å². The van der Waals surface area contributed by atoms with E-state index in [4.69, 9.17) is 16.6 Å². The smallest absolute Gasteiger partial charge is 0.335 e. The second-order valence-corrected chi connectivity index (χ2v) is 10.6. The quantitative estimate of drug-likeness (QED) is 0.292. The van der Waals surface area contributed by atoms with Crippen molar-refractivity contribution in [3.05, 3.63) is 102 Å². The van der Waals surface area contributed by atoms with Crippen molar-refractivity contribution in [3.8, 4) is 11.3 Å². The van der Waals surface area contributed by atoms with E-state index in [1.54, 1.807) is 42.6 Å². The van der Waals surface area contributed by atoms with Crippen molar-refractivity contribution in [2.75, 3.05) is 15.9 Å². The van der Waals surface area contributed by atoms with Crippen LogP contribution in [0, 0.1) is 0 Å². The zero-order chi connectivity index (χ0) is 26.2. The Labute approximate surface area is 218 Å². The number of hydrogen-bond acceptors (Lipinski definition) is 6. The summed E-state index contributed by atoms with van der Waals surface area (Å²) < 4.78 is 31.9. The van der Waals surface area contributed by atoms with Gasteiger partial charge in [0.15, 0.2) is 5.11 Å². The maximum atomic E-state index is 11.6. The van der Waals surface area contributed by atoms with Crippen molar-refractivity contribution in [2.24, 2.45) is 0 Å². The van der Waals surface area contributed by atoms with Gasteiger partial charge in [0.2, 0.25) is 10.0 Å². The normalized spacial score (nSPS) is 17.4. The molecular formula is C26H22N4O5S2. The fraction of sp³-hybridized carbons (Fsp3) is 0.115. The molecule has 3 N–H and O–H groups in total. The molecule has 0 aliphatic carbocycles. The van der Waals surface area contributed by atoms with E-state index in [1.165, 1.54) is 12.1 Å². The lowest BCUT2D eigenvalue weighted by molar-refractivity contribution is 0.0697. The molecule has 11 heteroatoms. The van der Waals surface area contributed by atoms with Crippen molar-refractivity contribution >= 4 is 44.7 Å². The maximum absolute atomic E-state index is 11.6. The molecule has 0 radical (unpaired) electrons. The monoisotopic (exact) mass is 534 g/mol. The topological polar surface area (TPSA) is 125 Å². The summed E-state index contributed by atoms with van der Waals surface area (Å²) in [5.41, 5.74) is 2.88. The van der Waals surface area contributed by atoms with Gasteiger partial charge in [-0.1, -0.05) is 18.2 Å². The summed E-state index contributed by atoms with van der Waals surface area (Å²) in [5, 5.41) is 13.0. The standard InChI is InChI=1S/C26H22N4O5S2/c1-37(33,34)29-18-9-11-19(12-10-18)30-24(23(28-26(30)36)20-4-2-3-15-27-20)22-14-13-21(35-22)16-5-7-17(8-6-16)25(31)32/h2-15,23-24,29H,1H3,(H,28,36)(H,31,32)/t23-,24-/m1/s1. The molecule has 9 nitrogen and oxygen atoms in total. The van der Waals surface area contributed by atoms with Crippen molar-refractivity contribution in [3.63, 3.8) is 0 Å². The van der Waals surface area contributed by atoms with E-state index in [0.717, 1.165) is 23.2 Å². The lowest BCUT2D eigenvalue weighted by Gasteiger charge is -2.26. The van der Waals surface area contributed by atoms with Gasteiger partial charge in [0, 0.05) is 23.1 Å². The minimum absolute atomic E-state index is 0.191. The summed E-state index contributed by atoms with van der Waals surface area (Å²) in [6.07, 6.45) is 2.81. The molecule has 1 aliphatic heterocycles. The predicted octanol–water partition coefficient (Wildman–Crippen LogP) is 4.59. The molecule has 2 aromatic carbocycles. The van der Waals surface area contributed by atoms with Gasteiger partial charge in [-0.15, -0.1) is 0 Å². The third-order valence-electron chi connectivity index (χ3n) is 5.88. The average molecular weight is 535 g/mol. The SMILES string of the molecule is CS(=O)(=O)Nc1ccc(N2C(=S)N[C@H](c3ccccn3)[C@H]2c2ccc(-c3ccc(C(=O)O)cc3)o2)cc1. The fourth-order valence-electron chi connectivity index (χ4n) is 4.27. The van der Waals surface area contributed by atoms with Gasteiger partial charge in [-0.2, -0.15) is 0 Å². The molecule has 0 spiro atoms. The van der Waals surface area contributed by atoms with Crippen LogP contribution in [-0.2, 0) is 10.0 Å². The molecule has 4 aromatic rings. The highest BCUT2D eigenvalue weighted by atomic mass is 32.2. The molecule has 5 rings (SSSR count). The van der Waals surface area contributed by atoms with Crippen LogP contribution in [0.2, 0.25) is 0 Å². The number of nitrogens with one attached hydrogen (secondary N) is 2. The highest BCUT2D eigenvalue weighted by Crippen LogP contribution is 2.43. The van der Waals surface area contributed by atoms with Gasteiger partial charge in [-0.25, -0.2) is 13.2 Å². The van der Waals surface area contributed by atoms with Crippen molar-refractivity contribution in [1.29, 1.82) is 0 Å². The maximum Gasteiger partial charge on any atom is 0.335 e. The number of nitrogens with zero attached hydrogens (tertiary/aromatic N) is 2. The van der Waals surface area contributed by atoms with Crippen LogP contribution < -0.4 is 14.9 Å². The number of carboxylic acid groups (broad SMARTS) is 1. The van der Waals surface area contributed by atoms with Gasteiger partial charge < -0.3 is 19.7 Å². The van der Waals surface area contributed by atoms with Gasteiger partial charge in [0.1, 0.15) is 17.6 Å². The highest BCUT2D eigenvalue weighted by molar-refractivity contribution is 7.92. The van der Waals surface area contributed by atoms with E-state index in [-0.39, 0.29) is 11.6 Å². The van der Waals surface area contributed by atoms with Crippen LogP contribution in [0.25, 0.3) is 11.3 Å². The summed E-state index contributed by atoms with van der Waals surface area (Å²) in [6, 6.07) is 22.0. The molecular weight excluding hydrogens is 512 g/mol. The molecule has 0 unspecified atom stereocenters. The third-order valence-corrected chi connectivity index (χ3v) is 6.80. The number of sulfonamides is 1. The second kappa shape index (κ2) is 9.68. The number of hydrogen-bond donors (Lipinski definition) is 3. The van der Waals surface area contributed by atoms with Crippen LogP contribution in [-0.4, -0.2) is 35.8 Å². The lowest BCUT2D eigenvalue weighted by Crippen LogP contribution is -2.29. The largest absolute Gasteiger partial charge is 0.478 e. The second-order valence-electron chi connectivity index (χ2n) is 8.50. The molecule has 1 aliphatic rings. The summed E-state index contributed by atoms with van der Waals surface area (Å²) in [4.78, 5) is 17.6. The molecule has 37 heavy (non-hydrogen) atoms. The Morgan fingerprint density at radius 2 is 1.78 bits per heavy atom. The molecule has 1 fully saturated rings. The fourth-order valence-corrected chi connectivity index (χ4v) is 5.18. The molecule has 2 atom stereocenters. The first-order valence-corrected chi connectivity index (χ1v) is 13.5. The van der Waals surface area contributed by atoms with E-state index in [1.807, 2.05) is 35.2 Å². The van der Waals surface area contributed by atoms with Crippen molar-refractivity contribution in [1.82, 2.24) is 10.3 Å². The minimum Gasteiger partial charge on any atom is -0.478 e. The number of rotatable bonds is 7. The third kappa shape index (κ3) is 5.18. The first-order valence-electron chi connectivity index (χ1n) is 11.2. The predicted molar refractivity (Wildman–Crippen MR) is 144 cm³/mol. The Kier molecular flexibility index (Phi) is 6.40. The number of aromatic carboxylic acids is 1. The molecule has 188 valence electrons. The first kappa shape index (κ1) is 24.5. The summed E-state index contributed by atoms with van der Waals surface area (Å²) in [6.45, 7) is 0. The Balaban J connectivity index is 1.53. The Bertz CT molecular complexity index is 1550. The highest BCUT2D eigenvalue weighted by Gasteiger charge is 2.42. The van der Waals surface area contributed by atoms with Gasteiger partial charge in [0.05, 0.1) is 23.6 Å². The lowest BCUT2D eigenvalue weighted by atomic mass is 10.0. The molecule has 0 saturated carbocycles. The zero-order valence-corrected chi connectivity index (χ0v) is 21.2. The van der Waals surface area contributed by atoms with Gasteiger partial charge in [0.25, 0.3) is 0 Å². The Hall–Kier alpha value is -4.22. The van der Waals surface area contributed by atoms with E-state index in [0.29, 0.717) is 22.3 Å². The van der Waals surface area contributed by atoms with Crippen LogP contribution in [0.15, 0.2) is 89.5 Å². The first-order chi connectivity index (χ1) is 17.7. The summed E-state index contributed by atoms with van der Waals surface area (Å²) in [7, 11) is -3.41. The van der Waals surface area contributed by atoms with Gasteiger partial charge in [-0.05, 0) is 72.9 Å². The molecule has 0 amide bonds. The molecule has 1 saturated heterocycles. The number of anilines is 2. The van der Waals surface area contributed by atoms with Gasteiger partial charge >= 0.3 is 5.97 Å². The van der Waals surface area contributed by atoms with Crippen molar-refractivity contribution < 1.29 is 22.7 Å². The molecule has 0 bridgehead atoms. The summed E-state index contributed by atoms with van der Waals surface area (Å²) in [5.74, 6) is 0.208. The number of carboxylic acids is 1. The molecule has 2 aromatic heterocycles. The minimum atomic E-state index is -3.41. The van der Waals surface area contributed by atoms with Crippen LogP contribution in [0.1, 0.15) is 33.9 Å². The van der Waals surface area contributed by atoms with E-state index in [2.05, 4.69) is 15.0 Å².